The zero-order chi connectivity index (χ0) is 17.1. The van der Waals surface area contributed by atoms with E-state index in [1.807, 2.05) is 12.1 Å². The number of aromatic nitrogens is 2. The van der Waals surface area contributed by atoms with Crippen molar-refractivity contribution in [2.45, 2.75) is 0 Å². The Kier molecular flexibility index (Phi) is 4.35. The molecule has 118 valence electrons. The van der Waals surface area contributed by atoms with Gasteiger partial charge in [-0.3, -0.25) is 10.1 Å². The summed E-state index contributed by atoms with van der Waals surface area (Å²) in [5.41, 5.74) is 0.549. The predicted molar refractivity (Wildman–Crippen MR) is 86.5 cm³/mol. The average molecular weight is 387 g/mol. The summed E-state index contributed by atoms with van der Waals surface area (Å²) >= 11 is 3.33. The number of nitrogens with one attached hydrogen (secondary N) is 1. The number of nitrogens with zero attached hydrogens (tertiary/aromatic N) is 3. The molecule has 0 saturated heterocycles. The molecule has 1 aromatic heterocycles. The van der Waals surface area contributed by atoms with Crippen molar-refractivity contribution in [3.63, 3.8) is 0 Å². The quantitative estimate of drug-likeness (QED) is 0.739. The van der Waals surface area contributed by atoms with E-state index in [0.29, 0.717) is 5.56 Å². The molecule has 0 aliphatic carbocycles. The molecular weight excluding hydrogens is 379 g/mol. The summed E-state index contributed by atoms with van der Waals surface area (Å²) in [5, 5.41) is 18.7. The molecule has 0 spiro atoms. The molecule has 0 bridgehead atoms. The van der Waals surface area contributed by atoms with Gasteiger partial charge in [0, 0.05) is 10.0 Å². The number of carbonyl (C=O) groups is 1. The van der Waals surface area contributed by atoms with Gasteiger partial charge < -0.3 is 4.42 Å². The highest BCUT2D eigenvalue weighted by Gasteiger charge is 2.16. The first-order chi connectivity index (χ1) is 11.6. The lowest BCUT2D eigenvalue weighted by Crippen LogP contribution is -2.14. The lowest BCUT2D eigenvalue weighted by atomic mass is 10.1. The van der Waals surface area contributed by atoms with Gasteiger partial charge in [-0.15, -0.1) is 5.10 Å². The Balaban J connectivity index is 1.82. The second-order valence-corrected chi connectivity index (χ2v) is 5.60. The van der Waals surface area contributed by atoms with Crippen LogP contribution in [-0.4, -0.2) is 16.1 Å². The molecule has 3 aromatic rings. The van der Waals surface area contributed by atoms with Crippen molar-refractivity contribution in [2.24, 2.45) is 0 Å². The van der Waals surface area contributed by atoms with E-state index >= 15 is 0 Å². The summed E-state index contributed by atoms with van der Waals surface area (Å²) in [4.78, 5) is 12.1. The number of amides is 1. The van der Waals surface area contributed by atoms with Crippen LogP contribution in [0.4, 0.5) is 10.4 Å². The first-order valence-electron chi connectivity index (χ1n) is 6.67. The van der Waals surface area contributed by atoms with Crippen molar-refractivity contribution >= 4 is 27.9 Å². The summed E-state index contributed by atoms with van der Waals surface area (Å²) in [6.07, 6.45) is 0. The highest BCUT2D eigenvalue weighted by molar-refractivity contribution is 9.10. The van der Waals surface area contributed by atoms with E-state index in [4.69, 9.17) is 9.68 Å². The largest absolute Gasteiger partial charge is 0.403 e. The molecule has 0 radical (unpaired) electrons. The monoisotopic (exact) mass is 386 g/mol. The molecule has 6 nitrogen and oxygen atoms in total. The SMILES string of the molecule is N#Cc1ccc(F)c(C(=O)Nc2nnc(-c3cccc(Br)c3)o2)c1. The van der Waals surface area contributed by atoms with Gasteiger partial charge in [-0.05, 0) is 36.4 Å². The number of nitriles is 1. The molecule has 1 amide bonds. The Labute approximate surface area is 144 Å². The number of hydrogen-bond acceptors (Lipinski definition) is 5. The average Bonchev–Trinajstić information content (AvgIpc) is 3.03. The van der Waals surface area contributed by atoms with E-state index < -0.39 is 11.7 Å². The van der Waals surface area contributed by atoms with Gasteiger partial charge in [-0.2, -0.15) is 5.26 Å². The van der Waals surface area contributed by atoms with Crippen molar-refractivity contribution in [1.29, 1.82) is 5.26 Å². The normalized spacial score (nSPS) is 10.2. The maximum atomic E-state index is 13.7. The summed E-state index contributed by atoms with van der Waals surface area (Å²) in [5.74, 6) is -1.33. The van der Waals surface area contributed by atoms with Crippen LogP contribution in [0.5, 0.6) is 0 Å². The number of halogens is 2. The fraction of sp³-hybridized carbons (Fsp3) is 0. The minimum atomic E-state index is -0.783. The van der Waals surface area contributed by atoms with Crippen molar-refractivity contribution in [2.75, 3.05) is 5.32 Å². The Morgan fingerprint density at radius 2 is 2.08 bits per heavy atom. The molecule has 3 rings (SSSR count). The molecular formula is C16H8BrFN4O2. The van der Waals surface area contributed by atoms with Gasteiger partial charge in [0.25, 0.3) is 5.91 Å². The van der Waals surface area contributed by atoms with E-state index in [2.05, 4.69) is 31.4 Å². The minimum absolute atomic E-state index is 0.168. The molecule has 0 aliphatic heterocycles. The zero-order valence-electron chi connectivity index (χ0n) is 12.0. The number of benzene rings is 2. The van der Waals surface area contributed by atoms with Gasteiger partial charge in [0.1, 0.15) is 5.82 Å². The minimum Gasteiger partial charge on any atom is -0.403 e. The third kappa shape index (κ3) is 3.31. The van der Waals surface area contributed by atoms with E-state index in [-0.39, 0.29) is 23.0 Å². The van der Waals surface area contributed by atoms with Crippen molar-refractivity contribution in [1.82, 2.24) is 10.2 Å². The summed E-state index contributed by atoms with van der Waals surface area (Å²) in [7, 11) is 0. The van der Waals surface area contributed by atoms with Gasteiger partial charge >= 0.3 is 6.01 Å². The number of carbonyl (C=O) groups excluding carboxylic acids is 1. The van der Waals surface area contributed by atoms with E-state index in [1.54, 1.807) is 18.2 Å². The number of rotatable bonds is 3. The predicted octanol–water partition coefficient (Wildman–Crippen LogP) is 3.76. The Bertz CT molecular complexity index is 965. The maximum Gasteiger partial charge on any atom is 0.322 e. The van der Waals surface area contributed by atoms with Crippen LogP contribution in [0.15, 0.2) is 51.4 Å². The van der Waals surface area contributed by atoms with Crippen LogP contribution in [0.2, 0.25) is 0 Å². The lowest BCUT2D eigenvalue weighted by Gasteiger charge is -2.02. The first kappa shape index (κ1) is 15.8. The summed E-state index contributed by atoms with van der Waals surface area (Å²) in [6.45, 7) is 0. The first-order valence-corrected chi connectivity index (χ1v) is 7.46. The Morgan fingerprint density at radius 3 is 2.83 bits per heavy atom. The zero-order valence-corrected chi connectivity index (χ0v) is 13.5. The second kappa shape index (κ2) is 6.60. The smallest absolute Gasteiger partial charge is 0.322 e. The molecule has 2 aromatic carbocycles. The Hall–Kier alpha value is -3.05. The van der Waals surface area contributed by atoms with Gasteiger partial charge in [-0.25, -0.2) is 4.39 Å². The van der Waals surface area contributed by atoms with Crippen LogP contribution in [0, 0.1) is 17.1 Å². The van der Waals surface area contributed by atoms with Crippen LogP contribution in [0.1, 0.15) is 15.9 Å². The van der Waals surface area contributed by atoms with Gasteiger partial charge in [0.05, 0.1) is 17.2 Å². The molecule has 8 heteroatoms. The Morgan fingerprint density at radius 1 is 1.25 bits per heavy atom. The fourth-order valence-electron chi connectivity index (χ4n) is 1.95. The van der Waals surface area contributed by atoms with Gasteiger partial charge in [0.2, 0.25) is 5.89 Å². The number of anilines is 1. The van der Waals surface area contributed by atoms with Crippen molar-refractivity contribution < 1.29 is 13.6 Å². The second-order valence-electron chi connectivity index (χ2n) is 4.68. The molecule has 1 heterocycles. The molecule has 0 atom stereocenters. The van der Waals surface area contributed by atoms with E-state index in [0.717, 1.165) is 16.6 Å². The van der Waals surface area contributed by atoms with Crippen molar-refractivity contribution in [3.05, 3.63) is 63.9 Å². The van der Waals surface area contributed by atoms with Crippen LogP contribution in [-0.2, 0) is 0 Å². The molecule has 1 N–H and O–H groups in total. The standard InChI is InChI=1S/C16H8BrFN4O2/c17-11-3-1-2-10(7-11)15-21-22-16(24-15)20-14(23)12-6-9(8-19)4-5-13(12)18/h1-7H,(H,20,22,23). The maximum absolute atomic E-state index is 13.7. The van der Waals surface area contributed by atoms with Gasteiger partial charge in [-0.1, -0.05) is 27.1 Å². The number of hydrogen-bond donors (Lipinski definition) is 1. The van der Waals surface area contributed by atoms with Crippen LogP contribution in [0.25, 0.3) is 11.5 Å². The van der Waals surface area contributed by atoms with E-state index in [9.17, 15) is 9.18 Å². The molecule has 0 aliphatic rings. The lowest BCUT2D eigenvalue weighted by molar-refractivity contribution is 0.102. The fourth-order valence-corrected chi connectivity index (χ4v) is 2.34. The third-order valence-corrected chi connectivity index (χ3v) is 3.55. The molecule has 24 heavy (non-hydrogen) atoms. The topological polar surface area (TPSA) is 91.8 Å². The summed E-state index contributed by atoms with van der Waals surface area (Å²) in [6, 6.07) is 12.3. The highest BCUT2D eigenvalue weighted by atomic mass is 79.9. The highest BCUT2D eigenvalue weighted by Crippen LogP contribution is 2.23. The van der Waals surface area contributed by atoms with Crippen LogP contribution < -0.4 is 5.32 Å². The van der Waals surface area contributed by atoms with Gasteiger partial charge in [0.15, 0.2) is 0 Å². The van der Waals surface area contributed by atoms with Crippen molar-refractivity contribution in [3.8, 4) is 17.5 Å². The van der Waals surface area contributed by atoms with Crippen LogP contribution >= 0.6 is 15.9 Å². The molecule has 0 fully saturated rings. The molecule has 0 unspecified atom stereocenters. The van der Waals surface area contributed by atoms with Crippen LogP contribution in [0.3, 0.4) is 0 Å². The third-order valence-electron chi connectivity index (χ3n) is 3.06. The summed E-state index contributed by atoms with van der Waals surface area (Å²) < 4.78 is 19.9. The molecule has 0 saturated carbocycles. The van der Waals surface area contributed by atoms with E-state index in [1.165, 1.54) is 6.07 Å².